The first-order valence-electron chi connectivity index (χ1n) is 10.1. The van der Waals surface area contributed by atoms with Crippen molar-refractivity contribution in [2.24, 2.45) is 5.92 Å². The highest BCUT2D eigenvalue weighted by Gasteiger charge is 2.44. The third kappa shape index (κ3) is 6.29. The molecule has 5 N–H and O–H groups in total. The van der Waals surface area contributed by atoms with Crippen molar-refractivity contribution in [1.82, 2.24) is 16.1 Å². The summed E-state index contributed by atoms with van der Waals surface area (Å²) in [5.74, 6) is -2.88. The molecule has 0 saturated heterocycles. The highest BCUT2D eigenvalue weighted by molar-refractivity contribution is 5.94. The van der Waals surface area contributed by atoms with E-state index in [-0.39, 0.29) is 12.8 Å². The zero-order chi connectivity index (χ0) is 23.7. The van der Waals surface area contributed by atoms with Crippen molar-refractivity contribution >= 4 is 17.7 Å². The van der Waals surface area contributed by atoms with Crippen LogP contribution in [0.1, 0.15) is 18.1 Å². The van der Waals surface area contributed by atoms with Gasteiger partial charge in [0.25, 0.3) is 5.91 Å². The summed E-state index contributed by atoms with van der Waals surface area (Å²) in [6.45, 7) is 1.14. The van der Waals surface area contributed by atoms with E-state index in [0.717, 1.165) is 12.5 Å². The second-order valence-electron chi connectivity index (χ2n) is 7.56. The van der Waals surface area contributed by atoms with E-state index in [1.807, 2.05) is 0 Å². The topological polar surface area (TPSA) is 137 Å². The minimum atomic E-state index is -2.23. The van der Waals surface area contributed by atoms with Gasteiger partial charge < -0.3 is 20.5 Å². The summed E-state index contributed by atoms with van der Waals surface area (Å²) in [4.78, 5) is 37.8. The fourth-order valence-electron chi connectivity index (χ4n) is 3.32. The molecule has 9 heteroatoms. The van der Waals surface area contributed by atoms with Crippen LogP contribution >= 0.6 is 0 Å². The van der Waals surface area contributed by atoms with Crippen LogP contribution in [-0.2, 0) is 27.2 Å². The lowest BCUT2D eigenvalue weighted by Crippen LogP contribution is -2.57. The molecule has 32 heavy (non-hydrogen) atoms. The van der Waals surface area contributed by atoms with E-state index in [9.17, 15) is 19.5 Å². The molecule has 3 amide bonds. The number of hydrogen-bond acceptors (Lipinski definition) is 6. The number of hydroxylamine groups is 1. The number of methoxy groups -OCH3 is 1. The Morgan fingerprint density at radius 1 is 0.969 bits per heavy atom. The fraction of sp³-hybridized carbons (Fsp3) is 0.348. The number of hydrogen-bond donors (Lipinski definition) is 5. The van der Waals surface area contributed by atoms with Gasteiger partial charge in [-0.05, 0) is 36.6 Å². The van der Waals surface area contributed by atoms with Gasteiger partial charge in [-0.2, -0.15) is 0 Å². The Hall–Kier alpha value is -3.43. The minimum Gasteiger partial charge on any atom is -0.497 e. The van der Waals surface area contributed by atoms with Crippen molar-refractivity contribution in [1.29, 1.82) is 0 Å². The molecule has 2 aromatic carbocycles. The van der Waals surface area contributed by atoms with Gasteiger partial charge in [-0.3, -0.25) is 19.6 Å². The molecule has 0 fully saturated rings. The van der Waals surface area contributed by atoms with Gasteiger partial charge in [-0.1, -0.05) is 42.5 Å². The smallest absolute Gasteiger partial charge is 0.275 e. The summed E-state index contributed by atoms with van der Waals surface area (Å²) in [6, 6.07) is 14.9. The zero-order valence-corrected chi connectivity index (χ0v) is 18.3. The van der Waals surface area contributed by atoms with Gasteiger partial charge in [0.2, 0.25) is 11.8 Å². The second kappa shape index (κ2) is 11.3. The SMILES string of the molecule is CNC(=O)[C@H](Cc1ccc(OC)cc1)NC(=O)[C@H](Cc1ccccc1)[C@@](C)(O)C(=O)NO. The van der Waals surface area contributed by atoms with Crippen LogP contribution in [0.4, 0.5) is 0 Å². The molecule has 9 nitrogen and oxygen atoms in total. The number of aliphatic hydroxyl groups is 1. The molecule has 0 bridgehead atoms. The van der Waals surface area contributed by atoms with Crippen LogP contribution in [0.3, 0.4) is 0 Å². The molecule has 0 heterocycles. The molecule has 0 radical (unpaired) electrons. The summed E-state index contributed by atoms with van der Waals surface area (Å²) in [5, 5.41) is 25.0. The van der Waals surface area contributed by atoms with Crippen molar-refractivity contribution in [2.75, 3.05) is 14.2 Å². The van der Waals surface area contributed by atoms with Crippen molar-refractivity contribution in [3.8, 4) is 5.75 Å². The van der Waals surface area contributed by atoms with Gasteiger partial charge in [-0.25, -0.2) is 5.48 Å². The number of amides is 3. The largest absolute Gasteiger partial charge is 0.497 e. The molecular weight excluding hydrogens is 414 g/mol. The molecule has 0 aliphatic rings. The predicted molar refractivity (Wildman–Crippen MR) is 117 cm³/mol. The van der Waals surface area contributed by atoms with Gasteiger partial charge in [0.15, 0.2) is 5.60 Å². The quantitative estimate of drug-likeness (QED) is 0.269. The first-order chi connectivity index (χ1) is 15.2. The number of likely N-dealkylation sites (N-methyl/N-ethyl adjacent to an activating group) is 1. The normalized spacial score (nSPS) is 14.4. The molecular formula is C23H29N3O6. The van der Waals surface area contributed by atoms with Crippen LogP contribution in [0, 0.1) is 5.92 Å². The number of rotatable bonds is 10. The average molecular weight is 444 g/mol. The van der Waals surface area contributed by atoms with Crippen LogP contribution in [-0.4, -0.2) is 53.8 Å². The van der Waals surface area contributed by atoms with E-state index >= 15 is 0 Å². The van der Waals surface area contributed by atoms with E-state index in [1.165, 1.54) is 12.5 Å². The number of carbonyl (C=O) groups excluding carboxylic acids is 3. The third-order valence-corrected chi connectivity index (χ3v) is 5.32. The first-order valence-corrected chi connectivity index (χ1v) is 10.1. The first kappa shape index (κ1) is 24.8. The maximum absolute atomic E-state index is 13.2. The summed E-state index contributed by atoms with van der Waals surface area (Å²) < 4.78 is 5.13. The van der Waals surface area contributed by atoms with E-state index in [1.54, 1.807) is 61.7 Å². The Labute approximate surface area is 186 Å². The lowest BCUT2D eigenvalue weighted by molar-refractivity contribution is -0.158. The Kier molecular flexibility index (Phi) is 8.74. The van der Waals surface area contributed by atoms with Crippen LogP contribution in [0.25, 0.3) is 0 Å². The molecule has 2 aromatic rings. The van der Waals surface area contributed by atoms with Gasteiger partial charge in [0, 0.05) is 13.5 Å². The van der Waals surface area contributed by atoms with Crippen LogP contribution in [0.2, 0.25) is 0 Å². The Morgan fingerprint density at radius 3 is 2.09 bits per heavy atom. The molecule has 0 aromatic heterocycles. The van der Waals surface area contributed by atoms with E-state index in [0.29, 0.717) is 11.3 Å². The molecule has 0 spiro atoms. The molecule has 3 atom stereocenters. The Balaban J connectivity index is 2.29. The molecule has 0 aliphatic carbocycles. The molecule has 0 saturated carbocycles. The number of nitrogens with one attached hydrogen (secondary N) is 3. The molecule has 2 rings (SSSR count). The van der Waals surface area contributed by atoms with Gasteiger partial charge >= 0.3 is 0 Å². The van der Waals surface area contributed by atoms with E-state index in [2.05, 4.69) is 10.6 Å². The van der Waals surface area contributed by atoms with Crippen molar-refractivity contribution < 1.29 is 29.4 Å². The molecule has 0 unspecified atom stereocenters. The van der Waals surface area contributed by atoms with Crippen LogP contribution < -0.4 is 20.9 Å². The van der Waals surface area contributed by atoms with Gasteiger partial charge in [0.05, 0.1) is 13.0 Å². The Morgan fingerprint density at radius 2 is 1.56 bits per heavy atom. The van der Waals surface area contributed by atoms with Crippen LogP contribution in [0.15, 0.2) is 54.6 Å². The zero-order valence-electron chi connectivity index (χ0n) is 18.3. The number of benzene rings is 2. The maximum Gasteiger partial charge on any atom is 0.275 e. The highest BCUT2D eigenvalue weighted by Crippen LogP contribution is 2.23. The summed E-state index contributed by atoms with van der Waals surface area (Å²) >= 11 is 0. The minimum absolute atomic E-state index is 0.0100. The Bertz CT molecular complexity index is 915. The summed E-state index contributed by atoms with van der Waals surface area (Å²) in [7, 11) is 3.00. The standard InChI is InChI=1S/C23H29N3O6/c1-23(30,22(29)26-31)18(13-15-7-5-4-6-8-15)20(27)25-19(21(28)24-2)14-16-9-11-17(32-3)12-10-16/h4-12,18-19,30-31H,13-14H2,1-3H3,(H,24,28)(H,25,27)(H,26,29)/t18-,19-,23+/m0/s1. The lowest BCUT2D eigenvalue weighted by Gasteiger charge is -2.31. The number of carbonyl (C=O) groups is 3. The van der Waals surface area contributed by atoms with E-state index in [4.69, 9.17) is 9.94 Å². The predicted octanol–water partition coefficient (Wildman–Crippen LogP) is 0.584. The second-order valence-corrected chi connectivity index (χ2v) is 7.56. The highest BCUT2D eigenvalue weighted by atomic mass is 16.5. The molecule has 0 aliphatic heterocycles. The van der Waals surface area contributed by atoms with E-state index < -0.39 is 35.3 Å². The average Bonchev–Trinajstić information content (AvgIpc) is 2.81. The molecule has 172 valence electrons. The maximum atomic E-state index is 13.2. The van der Waals surface area contributed by atoms with Crippen molar-refractivity contribution in [2.45, 2.75) is 31.4 Å². The van der Waals surface area contributed by atoms with Crippen molar-refractivity contribution in [3.05, 3.63) is 65.7 Å². The third-order valence-electron chi connectivity index (χ3n) is 5.32. The van der Waals surface area contributed by atoms with Crippen molar-refractivity contribution in [3.63, 3.8) is 0 Å². The van der Waals surface area contributed by atoms with Gasteiger partial charge in [-0.15, -0.1) is 0 Å². The summed E-state index contributed by atoms with van der Waals surface area (Å²) in [6.07, 6.45) is 0.192. The monoisotopic (exact) mass is 443 g/mol. The van der Waals surface area contributed by atoms with Crippen LogP contribution in [0.5, 0.6) is 5.75 Å². The fourth-order valence-corrected chi connectivity index (χ4v) is 3.32. The van der Waals surface area contributed by atoms with Gasteiger partial charge in [0.1, 0.15) is 11.8 Å². The lowest BCUT2D eigenvalue weighted by atomic mass is 9.82. The summed E-state index contributed by atoms with van der Waals surface area (Å²) in [5.41, 5.74) is 0.646. The number of ether oxygens (including phenoxy) is 1.